The molecule has 1 aromatic heterocycles. The number of carbonyl (C=O) groups is 2. The maximum absolute atomic E-state index is 12.9. The zero-order chi connectivity index (χ0) is 27.8. The number of rotatable bonds is 10. The van der Waals surface area contributed by atoms with Crippen LogP contribution < -0.4 is 10.6 Å². The van der Waals surface area contributed by atoms with E-state index < -0.39 is 10.2 Å². The summed E-state index contributed by atoms with van der Waals surface area (Å²) in [5.41, 5.74) is 2.63. The monoisotopic (exact) mass is 542 g/mol. The second kappa shape index (κ2) is 12.7. The van der Waals surface area contributed by atoms with Gasteiger partial charge in [-0.15, -0.1) is 10.2 Å². The van der Waals surface area contributed by atoms with E-state index in [-0.39, 0.29) is 17.5 Å². The first-order valence-electron chi connectivity index (χ1n) is 12.1. The van der Waals surface area contributed by atoms with Crippen LogP contribution in [0.1, 0.15) is 18.9 Å². The van der Waals surface area contributed by atoms with E-state index in [0.29, 0.717) is 28.8 Å². The molecule has 4 aromatic rings. The van der Waals surface area contributed by atoms with Crippen molar-refractivity contribution in [3.63, 3.8) is 0 Å². The highest BCUT2D eigenvalue weighted by Gasteiger charge is 2.22. The Kier molecular flexibility index (Phi) is 8.85. The van der Waals surface area contributed by atoms with Crippen molar-refractivity contribution in [1.29, 1.82) is 0 Å². The zero-order valence-electron chi connectivity index (χ0n) is 21.3. The first kappa shape index (κ1) is 27.3. The highest BCUT2D eigenvalue weighted by Crippen LogP contribution is 2.29. The molecular weight excluding hydrogens is 516 g/mol. The van der Waals surface area contributed by atoms with Crippen molar-refractivity contribution in [1.82, 2.24) is 14.8 Å². The number of nitro groups is 1. The first-order chi connectivity index (χ1) is 18.8. The van der Waals surface area contributed by atoms with E-state index in [0.717, 1.165) is 11.1 Å². The molecule has 1 unspecified atom stereocenters. The Labute approximate surface area is 229 Å². The topological polar surface area (TPSA) is 132 Å². The molecule has 0 spiro atoms. The van der Waals surface area contributed by atoms with E-state index in [2.05, 4.69) is 20.8 Å². The molecule has 1 heterocycles. The number of nitro benzene ring substituents is 1. The van der Waals surface area contributed by atoms with Crippen molar-refractivity contribution in [3.8, 4) is 11.4 Å². The fraction of sp³-hybridized carbons (Fsp3) is 0.143. The van der Waals surface area contributed by atoms with Gasteiger partial charge in [0.25, 0.3) is 5.69 Å². The van der Waals surface area contributed by atoms with Gasteiger partial charge in [0.15, 0.2) is 11.0 Å². The van der Waals surface area contributed by atoms with E-state index in [1.54, 1.807) is 28.8 Å². The van der Waals surface area contributed by atoms with Crippen LogP contribution in [0.25, 0.3) is 17.5 Å². The van der Waals surface area contributed by atoms with Gasteiger partial charge in [0.05, 0.1) is 10.2 Å². The Morgan fingerprint density at radius 2 is 1.74 bits per heavy atom. The summed E-state index contributed by atoms with van der Waals surface area (Å²) in [5.74, 6) is 0.0835. The second-order valence-electron chi connectivity index (χ2n) is 8.49. The second-order valence-corrected chi connectivity index (χ2v) is 9.66. The molecule has 0 aliphatic rings. The number of hydrogen-bond acceptors (Lipinski definition) is 7. The lowest BCUT2D eigenvalue weighted by Gasteiger charge is -2.14. The van der Waals surface area contributed by atoms with Gasteiger partial charge < -0.3 is 15.2 Å². The number of carbonyl (C=O) groups excluding carboxylic acids is 2. The molecular formula is C28H26N6O4S. The van der Waals surface area contributed by atoms with Crippen LogP contribution in [0, 0.1) is 10.1 Å². The van der Waals surface area contributed by atoms with Gasteiger partial charge in [0.1, 0.15) is 0 Å². The smallest absolute Gasteiger partial charge is 0.271 e. The van der Waals surface area contributed by atoms with Gasteiger partial charge in [-0.2, -0.15) is 0 Å². The fourth-order valence-electron chi connectivity index (χ4n) is 3.66. The Morgan fingerprint density at radius 1 is 1.00 bits per heavy atom. The van der Waals surface area contributed by atoms with Gasteiger partial charge in [-0.1, -0.05) is 55.1 Å². The third kappa shape index (κ3) is 7.17. The normalized spacial score (nSPS) is 11.7. The first-order valence-corrected chi connectivity index (χ1v) is 13.0. The predicted molar refractivity (Wildman–Crippen MR) is 152 cm³/mol. The molecule has 2 amide bonds. The predicted octanol–water partition coefficient (Wildman–Crippen LogP) is 5.55. The molecule has 0 bridgehead atoms. The van der Waals surface area contributed by atoms with Crippen LogP contribution in [0.2, 0.25) is 0 Å². The molecule has 0 aliphatic carbocycles. The molecule has 10 nitrogen and oxygen atoms in total. The van der Waals surface area contributed by atoms with E-state index in [9.17, 15) is 19.7 Å². The van der Waals surface area contributed by atoms with E-state index in [1.807, 2.05) is 56.4 Å². The third-order valence-electron chi connectivity index (χ3n) is 5.71. The van der Waals surface area contributed by atoms with Gasteiger partial charge in [0, 0.05) is 42.2 Å². The molecule has 0 fully saturated rings. The Morgan fingerprint density at radius 3 is 2.44 bits per heavy atom. The number of amides is 2. The molecule has 3 aromatic carbocycles. The Hall–Kier alpha value is -4.77. The highest BCUT2D eigenvalue weighted by atomic mass is 32.2. The van der Waals surface area contributed by atoms with Crippen LogP contribution in [-0.4, -0.2) is 36.8 Å². The largest absolute Gasteiger partial charge is 0.325 e. The summed E-state index contributed by atoms with van der Waals surface area (Å²) < 4.78 is 1.80. The lowest BCUT2D eigenvalue weighted by atomic mass is 10.2. The summed E-state index contributed by atoms with van der Waals surface area (Å²) in [6.45, 7) is 1.88. The van der Waals surface area contributed by atoms with Crippen LogP contribution in [0.15, 0.2) is 90.1 Å². The van der Waals surface area contributed by atoms with Crippen molar-refractivity contribution in [2.24, 2.45) is 7.05 Å². The highest BCUT2D eigenvalue weighted by molar-refractivity contribution is 8.00. The summed E-state index contributed by atoms with van der Waals surface area (Å²) in [5, 5.41) is 25.2. The molecule has 11 heteroatoms. The fourth-order valence-corrected chi connectivity index (χ4v) is 4.58. The maximum Gasteiger partial charge on any atom is 0.271 e. The van der Waals surface area contributed by atoms with Crippen LogP contribution in [0.4, 0.5) is 17.1 Å². The standard InChI is InChI=1S/C28H26N6O4S/c1-3-24(27(36)30-22-10-7-11-23(18-22)34(37)38)39-28-32-31-26(33(28)2)20-13-15-21(16-14-20)29-25(35)17-12-19-8-5-4-6-9-19/h4-18,24H,3H2,1-2H3,(H,29,35)(H,30,36)/b17-12+. The van der Waals surface area contributed by atoms with Gasteiger partial charge in [0.2, 0.25) is 11.8 Å². The van der Waals surface area contributed by atoms with Gasteiger partial charge in [-0.05, 0) is 48.4 Å². The minimum absolute atomic E-state index is 0.0966. The summed E-state index contributed by atoms with van der Waals surface area (Å²) >= 11 is 1.26. The van der Waals surface area contributed by atoms with E-state index in [1.165, 1.54) is 36.0 Å². The molecule has 39 heavy (non-hydrogen) atoms. The quantitative estimate of drug-likeness (QED) is 0.116. The molecule has 198 valence electrons. The summed E-state index contributed by atoms with van der Waals surface area (Å²) in [6, 6.07) is 22.6. The summed E-state index contributed by atoms with van der Waals surface area (Å²) in [4.78, 5) is 35.6. The third-order valence-corrected chi connectivity index (χ3v) is 7.11. The lowest BCUT2D eigenvalue weighted by molar-refractivity contribution is -0.384. The number of nitrogens with zero attached hydrogens (tertiary/aromatic N) is 4. The van der Waals surface area contributed by atoms with Crippen molar-refractivity contribution >= 4 is 46.7 Å². The average molecular weight is 543 g/mol. The minimum atomic E-state index is -0.508. The SMILES string of the molecule is CCC(Sc1nnc(-c2ccc(NC(=O)/C=C/c3ccccc3)cc2)n1C)C(=O)Nc1cccc([N+](=O)[O-])c1. The van der Waals surface area contributed by atoms with Crippen molar-refractivity contribution in [3.05, 3.63) is 101 Å². The Balaban J connectivity index is 1.39. The van der Waals surface area contributed by atoms with Crippen molar-refractivity contribution in [2.45, 2.75) is 23.8 Å². The number of non-ortho nitro benzene ring substituents is 1. The van der Waals surface area contributed by atoms with Crippen molar-refractivity contribution < 1.29 is 14.5 Å². The molecule has 1 atom stereocenters. The van der Waals surface area contributed by atoms with Gasteiger partial charge in [-0.25, -0.2) is 0 Å². The number of aromatic nitrogens is 3. The summed E-state index contributed by atoms with van der Waals surface area (Å²) in [7, 11) is 1.81. The Bertz CT molecular complexity index is 1500. The number of nitrogens with one attached hydrogen (secondary N) is 2. The summed E-state index contributed by atoms with van der Waals surface area (Å²) in [6.07, 6.45) is 3.74. The lowest BCUT2D eigenvalue weighted by Crippen LogP contribution is -2.25. The number of anilines is 2. The molecule has 0 saturated heterocycles. The van der Waals surface area contributed by atoms with Crippen LogP contribution >= 0.6 is 11.8 Å². The average Bonchev–Trinajstić information content (AvgIpc) is 3.31. The maximum atomic E-state index is 12.9. The zero-order valence-corrected chi connectivity index (χ0v) is 22.1. The molecule has 0 radical (unpaired) electrons. The van der Waals surface area contributed by atoms with E-state index in [4.69, 9.17) is 0 Å². The minimum Gasteiger partial charge on any atom is -0.325 e. The van der Waals surface area contributed by atoms with Gasteiger partial charge in [-0.3, -0.25) is 19.7 Å². The molecule has 2 N–H and O–H groups in total. The van der Waals surface area contributed by atoms with Crippen molar-refractivity contribution in [2.75, 3.05) is 10.6 Å². The number of thioether (sulfide) groups is 1. The van der Waals surface area contributed by atoms with Gasteiger partial charge >= 0.3 is 0 Å². The molecule has 0 aliphatic heterocycles. The van der Waals surface area contributed by atoms with Crippen LogP contribution in [0.3, 0.4) is 0 Å². The molecule has 0 saturated carbocycles. The molecule has 4 rings (SSSR count). The van der Waals surface area contributed by atoms with Crippen LogP contribution in [0.5, 0.6) is 0 Å². The number of hydrogen-bond donors (Lipinski definition) is 2. The van der Waals surface area contributed by atoms with Crippen LogP contribution in [-0.2, 0) is 16.6 Å². The number of benzene rings is 3. The van der Waals surface area contributed by atoms with E-state index >= 15 is 0 Å².